The van der Waals surface area contributed by atoms with E-state index in [0.29, 0.717) is 21.9 Å². The molecule has 148 valence electrons. The normalized spacial score (nSPS) is 11.8. The van der Waals surface area contributed by atoms with Gasteiger partial charge >= 0.3 is 5.00 Å². The summed E-state index contributed by atoms with van der Waals surface area (Å²) in [5.41, 5.74) is 1.53. The van der Waals surface area contributed by atoms with E-state index in [2.05, 4.69) is 16.9 Å². The second kappa shape index (κ2) is 8.76. The summed E-state index contributed by atoms with van der Waals surface area (Å²) in [6.45, 7) is 5.64. The zero-order chi connectivity index (χ0) is 21.0. The van der Waals surface area contributed by atoms with Crippen molar-refractivity contribution in [2.75, 3.05) is 5.32 Å². The molecule has 0 saturated carbocycles. The van der Waals surface area contributed by atoms with Crippen LogP contribution in [0.4, 0.5) is 10.7 Å². The van der Waals surface area contributed by atoms with Crippen molar-refractivity contribution in [2.45, 2.75) is 13.5 Å². The number of nitro groups is 1. The van der Waals surface area contributed by atoms with Crippen molar-refractivity contribution in [3.05, 3.63) is 68.9 Å². The molecule has 3 aromatic rings. The number of anilines is 1. The van der Waals surface area contributed by atoms with E-state index in [4.69, 9.17) is 0 Å². The van der Waals surface area contributed by atoms with Gasteiger partial charge in [-0.25, -0.2) is 0 Å². The molecule has 29 heavy (non-hydrogen) atoms. The number of carbonyl (C=O) groups excluding carboxylic acids is 2. The van der Waals surface area contributed by atoms with Crippen LogP contribution in [0.1, 0.15) is 11.8 Å². The Morgan fingerprint density at radius 3 is 2.76 bits per heavy atom. The SMILES string of the molecule is C=CCn1c(=NC(=O)/C=C\c2ccc([N+](=O)[O-])s2)sc2cc(NC(C)=O)ccc21. The van der Waals surface area contributed by atoms with Crippen molar-refractivity contribution in [3.8, 4) is 0 Å². The first-order valence-electron chi connectivity index (χ1n) is 8.40. The maximum atomic E-state index is 12.3. The zero-order valence-electron chi connectivity index (χ0n) is 15.3. The van der Waals surface area contributed by atoms with Crippen molar-refractivity contribution in [1.29, 1.82) is 0 Å². The largest absolute Gasteiger partial charge is 0.326 e. The first-order chi connectivity index (χ1) is 13.9. The third-order valence-corrected chi connectivity index (χ3v) is 5.75. The van der Waals surface area contributed by atoms with Crippen molar-refractivity contribution >= 4 is 61.5 Å². The second-order valence-corrected chi connectivity index (χ2v) is 7.97. The van der Waals surface area contributed by atoms with E-state index in [1.54, 1.807) is 18.2 Å². The Balaban J connectivity index is 1.94. The number of benzene rings is 1. The van der Waals surface area contributed by atoms with Gasteiger partial charge in [0.15, 0.2) is 4.80 Å². The quantitative estimate of drug-likeness (QED) is 0.277. The fraction of sp³-hybridized carbons (Fsp3) is 0.105. The molecule has 3 rings (SSSR count). The lowest BCUT2D eigenvalue weighted by Gasteiger charge is -2.03. The highest BCUT2D eigenvalue weighted by atomic mass is 32.1. The molecule has 0 atom stereocenters. The van der Waals surface area contributed by atoms with Gasteiger partial charge in [-0.1, -0.05) is 28.7 Å². The van der Waals surface area contributed by atoms with Crippen molar-refractivity contribution in [1.82, 2.24) is 4.57 Å². The first-order valence-corrected chi connectivity index (χ1v) is 10.0. The van der Waals surface area contributed by atoms with Crippen LogP contribution in [0.25, 0.3) is 16.3 Å². The molecule has 8 nitrogen and oxygen atoms in total. The summed E-state index contributed by atoms with van der Waals surface area (Å²) in [4.78, 5) is 39.1. The van der Waals surface area contributed by atoms with Gasteiger partial charge in [0.2, 0.25) is 5.91 Å². The fourth-order valence-corrected chi connectivity index (χ4v) is 4.37. The molecule has 2 aromatic heterocycles. The number of nitrogens with zero attached hydrogens (tertiary/aromatic N) is 3. The number of rotatable bonds is 6. The minimum absolute atomic E-state index is 0.0114. The van der Waals surface area contributed by atoms with Crippen LogP contribution in [0.3, 0.4) is 0 Å². The Kier molecular flexibility index (Phi) is 6.15. The molecule has 1 N–H and O–H groups in total. The van der Waals surface area contributed by atoms with E-state index >= 15 is 0 Å². The van der Waals surface area contributed by atoms with Crippen LogP contribution in [0.15, 0.2) is 54.1 Å². The van der Waals surface area contributed by atoms with Crippen molar-refractivity contribution < 1.29 is 14.5 Å². The third-order valence-electron chi connectivity index (χ3n) is 3.70. The molecule has 1 aromatic carbocycles. The highest BCUT2D eigenvalue weighted by Gasteiger charge is 2.09. The van der Waals surface area contributed by atoms with Gasteiger partial charge in [0.1, 0.15) is 0 Å². The maximum absolute atomic E-state index is 12.3. The fourth-order valence-electron chi connectivity index (χ4n) is 2.56. The molecule has 0 aliphatic rings. The Morgan fingerprint density at radius 1 is 1.31 bits per heavy atom. The minimum Gasteiger partial charge on any atom is -0.326 e. The average Bonchev–Trinajstić information content (AvgIpc) is 3.25. The van der Waals surface area contributed by atoms with Gasteiger partial charge in [-0.15, -0.1) is 6.58 Å². The summed E-state index contributed by atoms with van der Waals surface area (Å²) in [6, 6.07) is 8.43. The second-order valence-electron chi connectivity index (χ2n) is 5.86. The lowest BCUT2D eigenvalue weighted by molar-refractivity contribution is -0.380. The maximum Gasteiger partial charge on any atom is 0.324 e. The van der Waals surface area contributed by atoms with Crippen LogP contribution in [-0.4, -0.2) is 21.3 Å². The predicted octanol–water partition coefficient (Wildman–Crippen LogP) is 3.96. The standard InChI is InChI=1S/C19H16N4O4S2/c1-3-10-22-15-7-4-13(20-12(2)24)11-16(15)29-19(22)21-17(25)8-5-14-6-9-18(28-14)23(26)27/h3-9,11H,1,10H2,2H3,(H,20,24)/b8-5-,21-19?. The lowest BCUT2D eigenvalue weighted by Crippen LogP contribution is -2.15. The summed E-state index contributed by atoms with van der Waals surface area (Å²) in [7, 11) is 0. The van der Waals surface area contributed by atoms with E-state index in [1.807, 2.05) is 16.7 Å². The van der Waals surface area contributed by atoms with Gasteiger partial charge in [0, 0.05) is 36.2 Å². The summed E-state index contributed by atoms with van der Waals surface area (Å²) in [5.74, 6) is -0.647. The van der Waals surface area contributed by atoms with Crippen LogP contribution in [0.2, 0.25) is 0 Å². The topological polar surface area (TPSA) is 107 Å². The Morgan fingerprint density at radius 2 is 2.10 bits per heavy atom. The third kappa shape index (κ3) is 4.92. The number of fused-ring (bicyclic) bond motifs is 1. The zero-order valence-corrected chi connectivity index (χ0v) is 17.0. The molecule has 0 spiro atoms. The average molecular weight is 428 g/mol. The molecule has 0 bridgehead atoms. The monoisotopic (exact) mass is 428 g/mol. The number of nitrogens with one attached hydrogen (secondary N) is 1. The van der Waals surface area contributed by atoms with Gasteiger partial charge in [-0.2, -0.15) is 4.99 Å². The summed E-state index contributed by atoms with van der Waals surface area (Å²) in [6.07, 6.45) is 4.49. The molecule has 0 radical (unpaired) electrons. The van der Waals surface area contributed by atoms with E-state index < -0.39 is 10.8 Å². The molecular formula is C19H16N4O4S2. The van der Waals surface area contributed by atoms with E-state index in [1.165, 1.54) is 36.5 Å². The molecule has 2 amide bonds. The number of allylic oxidation sites excluding steroid dienone is 1. The van der Waals surface area contributed by atoms with E-state index in [9.17, 15) is 19.7 Å². The van der Waals surface area contributed by atoms with E-state index in [-0.39, 0.29) is 10.9 Å². The smallest absolute Gasteiger partial charge is 0.324 e. The summed E-state index contributed by atoms with van der Waals surface area (Å²) in [5, 5.41) is 13.5. The number of hydrogen-bond donors (Lipinski definition) is 1. The molecule has 0 aliphatic carbocycles. The van der Waals surface area contributed by atoms with Gasteiger partial charge in [0.25, 0.3) is 5.91 Å². The number of aromatic nitrogens is 1. The Bertz CT molecular complexity index is 1220. The molecule has 0 unspecified atom stereocenters. The molecule has 10 heteroatoms. The van der Waals surface area contributed by atoms with Gasteiger partial charge < -0.3 is 9.88 Å². The number of thiophene rings is 1. The van der Waals surface area contributed by atoms with Gasteiger partial charge in [-0.05, 0) is 30.3 Å². The number of thiazole rings is 1. The van der Waals surface area contributed by atoms with Gasteiger partial charge in [-0.3, -0.25) is 19.7 Å². The highest BCUT2D eigenvalue weighted by Crippen LogP contribution is 2.25. The molecule has 0 saturated heterocycles. The molecular weight excluding hydrogens is 412 g/mol. The van der Waals surface area contributed by atoms with Crippen LogP contribution in [-0.2, 0) is 16.1 Å². The van der Waals surface area contributed by atoms with Gasteiger partial charge in [0.05, 0.1) is 15.1 Å². The number of carbonyl (C=O) groups is 2. The summed E-state index contributed by atoms with van der Waals surface area (Å²) < 4.78 is 2.72. The number of hydrogen-bond acceptors (Lipinski definition) is 6. The first kappa shape index (κ1) is 20.4. The Hall–Kier alpha value is -3.37. The van der Waals surface area contributed by atoms with Crippen molar-refractivity contribution in [2.24, 2.45) is 4.99 Å². The minimum atomic E-state index is -0.479. The predicted molar refractivity (Wildman–Crippen MR) is 115 cm³/mol. The molecule has 0 fully saturated rings. The lowest BCUT2D eigenvalue weighted by atomic mass is 10.3. The van der Waals surface area contributed by atoms with Crippen LogP contribution >= 0.6 is 22.7 Å². The number of amides is 2. The highest BCUT2D eigenvalue weighted by molar-refractivity contribution is 7.16. The van der Waals surface area contributed by atoms with Crippen molar-refractivity contribution in [3.63, 3.8) is 0 Å². The van der Waals surface area contributed by atoms with Crippen LogP contribution in [0.5, 0.6) is 0 Å². The van der Waals surface area contributed by atoms with Crippen LogP contribution < -0.4 is 10.1 Å². The molecule has 0 aliphatic heterocycles. The summed E-state index contributed by atoms with van der Waals surface area (Å²) >= 11 is 2.30. The Labute approximate surface area is 173 Å². The van der Waals surface area contributed by atoms with E-state index in [0.717, 1.165) is 21.6 Å². The van der Waals surface area contributed by atoms with Crippen LogP contribution in [0, 0.1) is 10.1 Å². The molecule has 2 heterocycles.